The minimum atomic E-state index is -0.251. The van der Waals surface area contributed by atoms with Crippen molar-refractivity contribution >= 4 is 148 Å². The maximum Gasteiger partial charge on any atom is 0.256 e. The van der Waals surface area contributed by atoms with Crippen molar-refractivity contribution in [2.24, 2.45) is 0 Å². The molecule has 0 N–H and O–H groups in total. The number of para-hydroxylation sites is 10. The van der Waals surface area contributed by atoms with Crippen molar-refractivity contribution < 1.29 is 9.15 Å². The van der Waals surface area contributed by atoms with Gasteiger partial charge < -0.3 is 28.8 Å². The first-order valence-electron chi connectivity index (χ1n) is 31.8. The van der Waals surface area contributed by atoms with Gasteiger partial charge in [-0.05, 0) is 148 Å². The number of hydrogen-bond acceptors (Lipinski definition) is 7. The fourth-order valence-corrected chi connectivity index (χ4v) is 16.6. The predicted molar refractivity (Wildman–Crippen MR) is 390 cm³/mol. The van der Waals surface area contributed by atoms with Crippen LogP contribution in [0.1, 0.15) is 0 Å². The van der Waals surface area contributed by atoms with Crippen LogP contribution in [-0.2, 0) is 0 Å². The highest BCUT2D eigenvalue weighted by atomic mass is 32.2. The van der Waals surface area contributed by atoms with E-state index in [1.54, 1.807) is 0 Å². The summed E-state index contributed by atoms with van der Waals surface area (Å²) in [5.41, 5.74) is 26.0. The molecular formula is C84H54B2N4O2S. The SMILES string of the molecule is c1ccc(N(c2ccccc2)c2cc3c4c(c2)N(c2ccccc2)c2ccccc2B4c2cc4c(c(-c5ccccc5-c5cccc6c5oc5ccccc56)c2O3)Sc2cc(N(c3ccccc3)c3ccccc3)cc3c2B4c2ccccc2N3c2ccccc2)cc1. The van der Waals surface area contributed by atoms with Crippen molar-refractivity contribution in [3.05, 3.63) is 328 Å². The zero-order valence-corrected chi connectivity index (χ0v) is 51.2. The van der Waals surface area contributed by atoms with Crippen LogP contribution in [0, 0.1) is 0 Å². The molecule has 15 aromatic rings. The highest BCUT2D eigenvalue weighted by Gasteiger charge is 2.48. The average molecular weight is 1210 g/mol. The average Bonchev–Trinajstić information content (AvgIpc) is 1.35. The Bertz CT molecular complexity index is 5110. The first kappa shape index (κ1) is 53.2. The number of ether oxygens (including phenoxy) is 1. The second kappa shape index (κ2) is 21.5. The van der Waals surface area contributed by atoms with E-state index in [2.05, 4.69) is 347 Å². The molecule has 0 bridgehead atoms. The molecule has 6 nitrogen and oxygen atoms in total. The minimum absolute atomic E-state index is 0.193. The van der Waals surface area contributed by atoms with E-state index in [0.717, 1.165) is 140 Å². The van der Waals surface area contributed by atoms with Crippen LogP contribution >= 0.6 is 11.8 Å². The summed E-state index contributed by atoms with van der Waals surface area (Å²) in [5.74, 6) is 1.64. The molecule has 0 amide bonds. The quantitative estimate of drug-likeness (QED) is 0.126. The fraction of sp³-hybridized carbons (Fsp3) is 0. The Morgan fingerprint density at radius 2 is 0.774 bits per heavy atom. The molecule has 93 heavy (non-hydrogen) atoms. The van der Waals surface area contributed by atoms with E-state index in [1.165, 1.54) is 26.7 Å². The van der Waals surface area contributed by atoms with Crippen molar-refractivity contribution in [1.29, 1.82) is 0 Å². The third-order valence-corrected chi connectivity index (χ3v) is 20.3. The molecule has 0 saturated carbocycles. The standard InChI is InChI=1S/C84H54B2N4O2S/c1-7-28-55(29-8-1)87(56-30-9-2-10-31-56)61-50-74-80-77(52-61)92-83-70(85(80)68-45-22-24-47-72(68)89(74)59-36-15-5-16-37-59)54-71-84(79(83)65-42-20-19-40-63(65)66-43-27-44-67-64-41-21-26-49-76(64)91-82(66)67)93-78-53-62(88(57-32-11-3-12-33-57)58-34-13-4-14-35-58)51-75-81(78)86(71)69-46-23-25-48-73(69)90(75)60-38-17-6-18-39-60/h1-54H. The predicted octanol–water partition coefficient (Wildman–Crippen LogP) is 19.0. The summed E-state index contributed by atoms with van der Waals surface area (Å²) in [6, 6.07) is 119. The third kappa shape index (κ3) is 8.40. The number of furan rings is 1. The lowest BCUT2D eigenvalue weighted by Crippen LogP contribution is -2.63. The molecule has 0 radical (unpaired) electrons. The highest BCUT2D eigenvalue weighted by Crippen LogP contribution is 2.54. The largest absolute Gasteiger partial charge is 0.458 e. The first-order valence-corrected chi connectivity index (χ1v) is 32.6. The molecule has 14 aromatic carbocycles. The Hall–Kier alpha value is -11.6. The molecule has 434 valence electrons. The summed E-state index contributed by atoms with van der Waals surface area (Å²) in [5, 5.41) is 2.17. The maximum absolute atomic E-state index is 8.17. The molecule has 19 rings (SSSR count). The number of nitrogens with zero attached hydrogens (tertiary/aromatic N) is 4. The van der Waals surface area contributed by atoms with E-state index in [-0.39, 0.29) is 13.4 Å². The fourth-order valence-electron chi connectivity index (χ4n) is 15.3. The van der Waals surface area contributed by atoms with Gasteiger partial charge in [0.1, 0.15) is 22.7 Å². The lowest BCUT2D eigenvalue weighted by atomic mass is 9.31. The Labute approximate surface area is 544 Å². The molecule has 0 unspecified atom stereocenters. The summed E-state index contributed by atoms with van der Waals surface area (Å²) in [7, 11) is 0. The first-order chi connectivity index (χ1) is 46.2. The van der Waals surface area contributed by atoms with E-state index < -0.39 is 0 Å². The summed E-state index contributed by atoms with van der Waals surface area (Å²) >= 11 is 1.87. The zero-order chi connectivity index (χ0) is 61.1. The highest BCUT2D eigenvalue weighted by molar-refractivity contribution is 8.00. The summed E-state index contributed by atoms with van der Waals surface area (Å²) in [6.45, 7) is -0.444. The Morgan fingerprint density at radius 1 is 0.323 bits per heavy atom. The maximum atomic E-state index is 8.17. The molecule has 4 aliphatic heterocycles. The Kier molecular flexibility index (Phi) is 12.3. The second-order valence-corrected chi connectivity index (χ2v) is 25.3. The Balaban J connectivity index is 0.936. The van der Waals surface area contributed by atoms with Crippen LogP contribution in [0.5, 0.6) is 11.5 Å². The zero-order valence-electron chi connectivity index (χ0n) is 50.3. The molecule has 0 spiro atoms. The number of anilines is 12. The lowest BCUT2D eigenvalue weighted by molar-refractivity contribution is 0.488. The summed E-state index contributed by atoms with van der Waals surface area (Å²) in [6.07, 6.45) is 0. The van der Waals surface area contributed by atoms with Crippen molar-refractivity contribution in [3.63, 3.8) is 0 Å². The van der Waals surface area contributed by atoms with Crippen LogP contribution in [0.25, 0.3) is 44.2 Å². The van der Waals surface area contributed by atoms with E-state index in [9.17, 15) is 0 Å². The van der Waals surface area contributed by atoms with Gasteiger partial charge in [-0.2, -0.15) is 0 Å². The number of rotatable bonds is 10. The van der Waals surface area contributed by atoms with Crippen LogP contribution in [-0.4, -0.2) is 13.4 Å². The van der Waals surface area contributed by atoms with Crippen LogP contribution in [0.3, 0.4) is 0 Å². The smallest absolute Gasteiger partial charge is 0.256 e. The van der Waals surface area contributed by atoms with E-state index in [0.29, 0.717) is 0 Å². The van der Waals surface area contributed by atoms with Gasteiger partial charge in [0, 0.05) is 100 Å². The molecule has 4 aliphatic rings. The van der Waals surface area contributed by atoms with Crippen LogP contribution in [0.2, 0.25) is 0 Å². The molecule has 0 aliphatic carbocycles. The molecule has 9 heteroatoms. The molecule has 0 saturated heterocycles. The van der Waals surface area contributed by atoms with Gasteiger partial charge in [-0.3, -0.25) is 0 Å². The third-order valence-electron chi connectivity index (χ3n) is 19.1. The number of hydrogen-bond donors (Lipinski definition) is 0. The van der Waals surface area contributed by atoms with E-state index in [4.69, 9.17) is 9.15 Å². The molecular weight excluding hydrogens is 1150 g/mol. The van der Waals surface area contributed by atoms with E-state index >= 15 is 0 Å². The normalized spacial score (nSPS) is 12.9. The van der Waals surface area contributed by atoms with Gasteiger partial charge >= 0.3 is 0 Å². The van der Waals surface area contributed by atoms with Crippen LogP contribution in [0.4, 0.5) is 68.2 Å². The molecule has 5 heterocycles. The van der Waals surface area contributed by atoms with Gasteiger partial charge in [0.25, 0.3) is 6.71 Å². The molecule has 0 fully saturated rings. The Morgan fingerprint density at radius 3 is 1.35 bits per heavy atom. The monoisotopic (exact) mass is 1200 g/mol. The van der Waals surface area contributed by atoms with E-state index in [1.807, 2.05) is 11.8 Å². The van der Waals surface area contributed by atoms with Gasteiger partial charge in [0.05, 0.1) is 5.69 Å². The van der Waals surface area contributed by atoms with Gasteiger partial charge in [0.2, 0.25) is 6.71 Å². The topological polar surface area (TPSA) is 35.3 Å². The van der Waals surface area contributed by atoms with Gasteiger partial charge in [0.15, 0.2) is 0 Å². The van der Waals surface area contributed by atoms with Crippen molar-refractivity contribution in [2.45, 2.75) is 9.79 Å². The molecule has 1 aromatic heterocycles. The van der Waals surface area contributed by atoms with Crippen LogP contribution < -0.4 is 57.1 Å². The van der Waals surface area contributed by atoms with Crippen molar-refractivity contribution in [1.82, 2.24) is 0 Å². The van der Waals surface area contributed by atoms with Gasteiger partial charge in [-0.25, -0.2) is 0 Å². The summed E-state index contributed by atoms with van der Waals surface area (Å²) in [4.78, 5) is 12.1. The van der Waals surface area contributed by atoms with Gasteiger partial charge in [-0.15, -0.1) is 0 Å². The van der Waals surface area contributed by atoms with Crippen LogP contribution in [0.15, 0.2) is 342 Å². The number of benzene rings is 14. The van der Waals surface area contributed by atoms with Crippen molar-refractivity contribution in [2.75, 3.05) is 19.6 Å². The summed E-state index contributed by atoms with van der Waals surface area (Å²) < 4.78 is 15.2. The minimum Gasteiger partial charge on any atom is -0.458 e. The second-order valence-electron chi connectivity index (χ2n) is 24.2. The lowest BCUT2D eigenvalue weighted by Gasteiger charge is -2.44. The van der Waals surface area contributed by atoms with Gasteiger partial charge in [-0.1, -0.05) is 230 Å². The molecule has 0 atom stereocenters. The van der Waals surface area contributed by atoms with Crippen molar-refractivity contribution in [3.8, 4) is 33.8 Å². The number of fused-ring (bicyclic) bond motifs is 11.